The van der Waals surface area contributed by atoms with Crippen LogP contribution in [0.1, 0.15) is 0 Å². The SMILES string of the molecule is Clc1ccc(Nc2ccnc3cc(Cl)ccc23)cc1. The molecule has 0 saturated heterocycles. The minimum atomic E-state index is 0.684. The summed E-state index contributed by atoms with van der Waals surface area (Å²) in [6, 6.07) is 15.2. The minimum Gasteiger partial charge on any atom is -0.355 e. The largest absolute Gasteiger partial charge is 0.355 e. The summed E-state index contributed by atoms with van der Waals surface area (Å²) in [4.78, 5) is 4.31. The Morgan fingerprint density at radius 3 is 2.37 bits per heavy atom. The van der Waals surface area contributed by atoms with Gasteiger partial charge in [-0.2, -0.15) is 0 Å². The first-order valence-electron chi connectivity index (χ1n) is 5.79. The van der Waals surface area contributed by atoms with Crippen LogP contribution in [-0.2, 0) is 0 Å². The molecule has 3 rings (SSSR count). The lowest BCUT2D eigenvalue weighted by Gasteiger charge is -2.09. The summed E-state index contributed by atoms with van der Waals surface area (Å²) in [5.41, 5.74) is 2.84. The monoisotopic (exact) mass is 288 g/mol. The first kappa shape index (κ1) is 12.3. The number of fused-ring (bicyclic) bond motifs is 1. The molecule has 0 radical (unpaired) electrons. The molecular weight excluding hydrogens is 279 g/mol. The maximum Gasteiger partial charge on any atom is 0.0737 e. The fourth-order valence-electron chi connectivity index (χ4n) is 1.92. The Morgan fingerprint density at radius 2 is 1.58 bits per heavy atom. The molecule has 1 N–H and O–H groups in total. The zero-order valence-corrected chi connectivity index (χ0v) is 11.4. The van der Waals surface area contributed by atoms with E-state index in [0.29, 0.717) is 5.02 Å². The number of rotatable bonds is 2. The Kier molecular flexibility index (Phi) is 3.28. The Morgan fingerprint density at radius 1 is 0.842 bits per heavy atom. The number of benzene rings is 2. The van der Waals surface area contributed by atoms with Crippen molar-refractivity contribution < 1.29 is 0 Å². The number of pyridine rings is 1. The van der Waals surface area contributed by atoms with Crippen LogP contribution in [0.3, 0.4) is 0 Å². The van der Waals surface area contributed by atoms with Crippen molar-refractivity contribution in [3.05, 3.63) is 64.8 Å². The standard InChI is InChI=1S/C15H10Cl2N2/c16-10-1-4-12(5-2-10)19-14-7-8-18-15-9-11(17)3-6-13(14)15/h1-9H,(H,18,19). The summed E-state index contributed by atoms with van der Waals surface area (Å²) in [7, 11) is 0. The normalized spacial score (nSPS) is 10.6. The highest BCUT2D eigenvalue weighted by atomic mass is 35.5. The molecule has 94 valence electrons. The summed E-state index contributed by atoms with van der Waals surface area (Å²) in [6.07, 6.45) is 1.76. The summed E-state index contributed by atoms with van der Waals surface area (Å²) in [5.74, 6) is 0. The van der Waals surface area contributed by atoms with Gasteiger partial charge in [-0.1, -0.05) is 23.2 Å². The van der Waals surface area contributed by atoms with Gasteiger partial charge in [-0.3, -0.25) is 4.98 Å². The van der Waals surface area contributed by atoms with E-state index in [1.54, 1.807) is 6.20 Å². The number of nitrogens with zero attached hydrogens (tertiary/aromatic N) is 1. The molecule has 0 spiro atoms. The number of nitrogens with one attached hydrogen (secondary N) is 1. The van der Waals surface area contributed by atoms with Crippen LogP contribution in [0.25, 0.3) is 10.9 Å². The molecule has 1 aromatic heterocycles. The molecule has 0 unspecified atom stereocenters. The predicted molar refractivity (Wildman–Crippen MR) is 81.5 cm³/mol. The zero-order chi connectivity index (χ0) is 13.2. The first-order chi connectivity index (χ1) is 9.22. The van der Waals surface area contributed by atoms with Crippen molar-refractivity contribution in [1.82, 2.24) is 4.98 Å². The van der Waals surface area contributed by atoms with Crippen molar-refractivity contribution in [3.63, 3.8) is 0 Å². The predicted octanol–water partition coefficient (Wildman–Crippen LogP) is 5.29. The molecule has 3 aromatic rings. The molecule has 4 heteroatoms. The van der Waals surface area contributed by atoms with Crippen molar-refractivity contribution >= 4 is 45.5 Å². The lowest BCUT2D eigenvalue weighted by molar-refractivity contribution is 1.40. The van der Waals surface area contributed by atoms with Gasteiger partial charge in [0.15, 0.2) is 0 Å². The first-order valence-corrected chi connectivity index (χ1v) is 6.55. The van der Waals surface area contributed by atoms with Crippen LogP contribution in [-0.4, -0.2) is 4.98 Å². The quantitative estimate of drug-likeness (QED) is 0.693. The molecule has 0 atom stereocenters. The Balaban J connectivity index is 2.03. The van der Waals surface area contributed by atoms with Gasteiger partial charge in [-0.05, 0) is 48.5 Å². The van der Waals surface area contributed by atoms with Gasteiger partial charge in [0.1, 0.15) is 0 Å². The Labute approximate surface area is 121 Å². The molecule has 0 bridgehead atoms. The fourth-order valence-corrected chi connectivity index (χ4v) is 2.21. The third kappa shape index (κ3) is 2.65. The van der Waals surface area contributed by atoms with E-state index in [1.165, 1.54) is 0 Å². The molecule has 1 heterocycles. The number of hydrogen-bond donors (Lipinski definition) is 1. The molecular formula is C15H10Cl2N2. The average molecular weight is 289 g/mol. The minimum absolute atomic E-state index is 0.684. The molecule has 0 amide bonds. The lowest BCUT2D eigenvalue weighted by Crippen LogP contribution is -1.92. The lowest BCUT2D eigenvalue weighted by atomic mass is 10.2. The van der Waals surface area contributed by atoms with Gasteiger partial charge < -0.3 is 5.32 Å². The van der Waals surface area contributed by atoms with Crippen molar-refractivity contribution in [2.45, 2.75) is 0 Å². The van der Waals surface area contributed by atoms with E-state index in [-0.39, 0.29) is 0 Å². The van der Waals surface area contributed by atoms with Crippen molar-refractivity contribution in [3.8, 4) is 0 Å². The summed E-state index contributed by atoms with van der Waals surface area (Å²) < 4.78 is 0. The highest BCUT2D eigenvalue weighted by molar-refractivity contribution is 6.31. The smallest absolute Gasteiger partial charge is 0.0737 e. The van der Waals surface area contributed by atoms with Gasteiger partial charge in [0.2, 0.25) is 0 Å². The highest BCUT2D eigenvalue weighted by Crippen LogP contribution is 2.27. The van der Waals surface area contributed by atoms with E-state index in [1.807, 2.05) is 48.5 Å². The zero-order valence-electron chi connectivity index (χ0n) is 9.90. The summed E-state index contributed by atoms with van der Waals surface area (Å²) >= 11 is 11.8. The molecule has 2 nitrogen and oxygen atoms in total. The highest BCUT2D eigenvalue weighted by Gasteiger charge is 2.03. The number of anilines is 2. The van der Waals surface area contributed by atoms with Gasteiger partial charge in [0, 0.05) is 33.0 Å². The third-order valence-electron chi connectivity index (χ3n) is 2.83. The molecule has 2 aromatic carbocycles. The van der Waals surface area contributed by atoms with Gasteiger partial charge in [0.05, 0.1) is 5.52 Å². The molecule has 0 aliphatic heterocycles. The molecule has 0 saturated carbocycles. The topological polar surface area (TPSA) is 24.9 Å². The van der Waals surface area contributed by atoms with E-state index >= 15 is 0 Å². The van der Waals surface area contributed by atoms with Gasteiger partial charge >= 0.3 is 0 Å². The fraction of sp³-hybridized carbons (Fsp3) is 0. The van der Waals surface area contributed by atoms with E-state index in [2.05, 4.69) is 10.3 Å². The van der Waals surface area contributed by atoms with Gasteiger partial charge in [-0.15, -0.1) is 0 Å². The number of halogens is 2. The number of aromatic nitrogens is 1. The van der Waals surface area contributed by atoms with Crippen molar-refractivity contribution in [2.75, 3.05) is 5.32 Å². The summed E-state index contributed by atoms with van der Waals surface area (Å²) in [5, 5.41) is 5.78. The van der Waals surface area contributed by atoms with Crippen LogP contribution in [0.2, 0.25) is 10.0 Å². The second kappa shape index (κ2) is 5.08. The third-order valence-corrected chi connectivity index (χ3v) is 3.32. The second-order valence-corrected chi connectivity index (χ2v) is 5.02. The van der Waals surface area contributed by atoms with E-state index < -0.39 is 0 Å². The molecule has 0 aliphatic rings. The summed E-state index contributed by atoms with van der Waals surface area (Å²) in [6.45, 7) is 0. The number of hydrogen-bond acceptors (Lipinski definition) is 2. The average Bonchev–Trinajstić information content (AvgIpc) is 2.41. The second-order valence-electron chi connectivity index (χ2n) is 4.15. The van der Waals surface area contributed by atoms with Crippen LogP contribution < -0.4 is 5.32 Å². The van der Waals surface area contributed by atoms with E-state index in [4.69, 9.17) is 23.2 Å². The van der Waals surface area contributed by atoms with Crippen LogP contribution >= 0.6 is 23.2 Å². The maximum atomic E-state index is 5.97. The molecule has 0 fully saturated rings. The van der Waals surface area contributed by atoms with Crippen LogP contribution in [0.15, 0.2) is 54.7 Å². The van der Waals surface area contributed by atoms with Crippen LogP contribution in [0.5, 0.6) is 0 Å². The Bertz CT molecular complexity index is 724. The molecule has 19 heavy (non-hydrogen) atoms. The maximum absolute atomic E-state index is 5.97. The van der Waals surface area contributed by atoms with Gasteiger partial charge in [0.25, 0.3) is 0 Å². The van der Waals surface area contributed by atoms with Crippen LogP contribution in [0, 0.1) is 0 Å². The van der Waals surface area contributed by atoms with Crippen molar-refractivity contribution in [1.29, 1.82) is 0 Å². The van der Waals surface area contributed by atoms with Crippen molar-refractivity contribution in [2.24, 2.45) is 0 Å². The van der Waals surface area contributed by atoms with E-state index in [0.717, 1.165) is 27.3 Å². The van der Waals surface area contributed by atoms with E-state index in [9.17, 15) is 0 Å². The van der Waals surface area contributed by atoms with Gasteiger partial charge in [-0.25, -0.2) is 0 Å². The van der Waals surface area contributed by atoms with Crippen LogP contribution in [0.4, 0.5) is 11.4 Å². The Hall–Kier alpha value is -1.77. The molecule has 0 aliphatic carbocycles.